The number of rotatable bonds is 5. The molecule has 1 N–H and O–H groups in total. The van der Waals surface area contributed by atoms with Crippen LogP contribution in [-0.4, -0.2) is 42.6 Å². The number of aromatic nitrogens is 1. The molecule has 5 heteroatoms. The van der Waals surface area contributed by atoms with Gasteiger partial charge in [-0.1, -0.05) is 24.3 Å². The Kier molecular flexibility index (Phi) is 7.11. The zero-order valence-corrected chi connectivity index (χ0v) is 17.0. The Hall–Kier alpha value is -1.62. The number of nitrogens with zero attached hydrogens (tertiary/aromatic N) is 3. The number of likely N-dealkylation sites (tertiary alicyclic amines) is 1. The van der Waals surface area contributed by atoms with Crippen LogP contribution in [0.25, 0.3) is 0 Å². The van der Waals surface area contributed by atoms with Gasteiger partial charge < -0.3 is 10.2 Å². The van der Waals surface area contributed by atoms with Gasteiger partial charge in [-0.3, -0.25) is 4.90 Å². The summed E-state index contributed by atoms with van der Waals surface area (Å²) in [5, 5.41) is 3.69. The van der Waals surface area contributed by atoms with Gasteiger partial charge in [0.15, 0.2) is 0 Å². The van der Waals surface area contributed by atoms with Crippen LogP contribution in [0.1, 0.15) is 31.2 Å². The van der Waals surface area contributed by atoms with E-state index in [-0.39, 0.29) is 12.4 Å². The number of hydrogen-bond acceptors (Lipinski definition) is 4. The van der Waals surface area contributed by atoms with Crippen molar-refractivity contribution in [3.63, 3.8) is 0 Å². The highest BCUT2D eigenvalue weighted by Gasteiger charge is 2.28. The number of piperidine rings is 1. The van der Waals surface area contributed by atoms with Crippen LogP contribution < -0.4 is 10.2 Å². The second kappa shape index (κ2) is 9.54. The number of nitrogens with one attached hydrogen (secondary N) is 1. The van der Waals surface area contributed by atoms with Gasteiger partial charge in [-0.2, -0.15) is 0 Å². The van der Waals surface area contributed by atoms with Gasteiger partial charge in [-0.05, 0) is 75.0 Å². The Morgan fingerprint density at radius 3 is 2.48 bits per heavy atom. The predicted molar refractivity (Wildman–Crippen MR) is 115 cm³/mol. The Bertz CT molecular complexity index is 677. The summed E-state index contributed by atoms with van der Waals surface area (Å²) < 4.78 is 0. The molecular formula is C22H31ClN4. The zero-order valence-electron chi connectivity index (χ0n) is 16.2. The topological polar surface area (TPSA) is 31.4 Å². The minimum absolute atomic E-state index is 0. The van der Waals surface area contributed by atoms with Crippen molar-refractivity contribution in [2.24, 2.45) is 5.92 Å². The monoisotopic (exact) mass is 386 g/mol. The molecule has 0 spiro atoms. The number of para-hydroxylation sites is 1. The van der Waals surface area contributed by atoms with Crippen molar-refractivity contribution in [2.75, 3.05) is 31.6 Å². The van der Waals surface area contributed by atoms with Crippen molar-refractivity contribution in [1.82, 2.24) is 15.2 Å². The van der Waals surface area contributed by atoms with E-state index in [1.54, 1.807) is 0 Å². The van der Waals surface area contributed by atoms with E-state index in [2.05, 4.69) is 63.5 Å². The van der Waals surface area contributed by atoms with Crippen LogP contribution in [0.3, 0.4) is 0 Å². The third-order valence-corrected chi connectivity index (χ3v) is 6.00. The molecule has 0 amide bonds. The number of pyridine rings is 1. The lowest BCUT2D eigenvalue weighted by atomic mass is 9.88. The molecule has 1 atom stereocenters. The van der Waals surface area contributed by atoms with Gasteiger partial charge in [0.2, 0.25) is 0 Å². The summed E-state index contributed by atoms with van der Waals surface area (Å²) >= 11 is 0. The molecule has 2 aliphatic heterocycles. The van der Waals surface area contributed by atoms with Crippen LogP contribution in [0, 0.1) is 5.92 Å². The molecular weight excluding hydrogens is 356 g/mol. The van der Waals surface area contributed by atoms with Gasteiger partial charge in [-0.25, -0.2) is 4.98 Å². The van der Waals surface area contributed by atoms with Crippen molar-refractivity contribution in [3.8, 4) is 0 Å². The van der Waals surface area contributed by atoms with Gasteiger partial charge >= 0.3 is 0 Å². The SMILES string of the molecule is CN(c1ccccc1)c1ccc(CN2CCC(C3CCCN3)CC2)cn1.Cl. The van der Waals surface area contributed by atoms with Crippen LogP contribution in [0.2, 0.25) is 0 Å². The average molecular weight is 387 g/mol. The first kappa shape index (κ1) is 20.1. The molecule has 0 aliphatic carbocycles. The lowest BCUT2D eigenvalue weighted by Gasteiger charge is -2.34. The minimum Gasteiger partial charge on any atom is -0.329 e. The molecule has 4 rings (SSSR count). The summed E-state index contributed by atoms with van der Waals surface area (Å²) in [7, 11) is 2.07. The highest BCUT2D eigenvalue weighted by molar-refractivity contribution is 5.85. The molecule has 27 heavy (non-hydrogen) atoms. The number of anilines is 2. The van der Waals surface area contributed by atoms with Crippen LogP contribution in [0.5, 0.6) is 0 Å². The lowest BCUT2D eigenvalue weighted by Crippen LogP contribution is -2.40. The molecule has 1 unspecified atom stereocenters. The third-order valence-electron chi connectivity index (χ3n) is 6.00. The van der Waals surface area contributed by atoms with E-state index >= 15 is 0 Å². The Morgan fingerprint density at radius 2 is 1.85 bits per heavy atom. The summed E-state index contributed by atoms with van der Waals surface area (Å²) in [5.41, 5.74) is 2.47. The second-order valence-corrected chi connectivity index (χ2v) is 7.74. The fourth-order valence-electron chi connectivity index (χ4n) is 4.38. The van der Waals surface area contributed by atoms with Crippen molar-refractivity contribution in [2.45, 2.75) is 38.3 Å². The fraction of sp³-hybridized carbons (Fsp3) is 0.500. The molecule has 1 aromatic carbocycles. The minimum atomic E-state index is 0. The smallest absolute Gasteiger partial charge is 0.132 e. The van der Waals surface area contributed by atoms with Crippen LogP contribution in [-0.2, 0) is 6.54 Å². The van der Waals surface area contributed by atoms with E-state index in [9.17, 15) is 0 Å². The van der Waals surface area contributed by atoms with Crippen LogP contribution in [0.15, 0.2) is 48.7 Å². The lowest BCUT2D eigenvalue weighted by molar-refractivity contribution is 0.157. The normalized spacial score (nSPS) is 21.0. The summed E-state index contributed by atoms with van der Waals surface area (Å²) in [6, 6.07) is 15.5. The molecule has 4 nitrogen and oxygen atoms in total. The van der Waals surface area contributed by atoms with E-state index in [0.717, 1.165) is 30.0 Å². The number of benzene rings is 1. The standard InChI is InChI=1S/C22H30N4.ClH/c1-25(20-6-3-2-4-7-20)22-10-9-18(16-24-22)17-26-14-11-19(12-15-26)21-8-5-13-23-21;/h2-4,6-7,9-10,16,19,21,23H,5,8,11-15,17H2,1H3;1H. The van der Waals surface area contributed by atoms with Gasteiger partial charge in [0.25, 0.3) is 0 Å². The molecule has 2 aliphatic rings. The van der Waals surface area contributed by atoms with Crippen LogP contribution in [0.4, 0.5) is 11.5 Å². The van der Waals surface area contributed by atoms with E-state index in [1.165, 1.54) is 50.9 Å². The van der Waals surface area contributed by atoms with E-state index in [0.29, 0.717) is 0 Å². The highest BCUT2D eigenvalue weighted by atomic mass is 35.5. The molecule has 3 heterocycles. The summed E-state index contributed by atoms with van der Waals surface area (Å²) in [5.74, 6) is 1.87. The second-order valence-electron chi connectivity index (χ2n) is 7.74. The molecule has 2 saturated heterocycles. The molecule has 0 radical (unpaired) electrons. The first-order valence-corrected chi connectivity index (χ1v) is 9.99. The number of hydrogen-bond donors (Lipinski definition) is 1. The largest absolute Gasteiger partial charge is 0.329 e. The summed E-state index contributed by atoms with van der Waals surface area (Å²) in [4.78, 5) is 9.40. The predicted octanol–water partition coefficient (Wildman–Crippen LogP) is 4.24. The fourth-order valence-corrected chi connectivity index (χ4v) is 4.38. The molecule has 146 valence electrons. The highest BCUT2D eigenvalue weighted by Crippen LogP contribution is 2.27. The first-order chi connectivity index (χ1) is 12.8. The Morgan fingerprint density at radius 1 is 1.07 bits per heavy atom. The number of halogens is 1. The molecule has 0 bridgehead atoms. The van der Waals surface area contributed by atoms with Gasteiger partial charge in [0.05, 0.1) is 0 Å². The maximum atomic E-state index is 4.69. The van der Waals surface area contributed by atoms with E-state index in [1.807, 2.05) is 12.3 Å². The summed E-state index contributed by atoms with van der Waals surface area (Å²) in [6.45, 7) is 4.68. The van der Waals surface area contributed by atoms with Crippen molar-refractivity contribution >= 4 is 23.9 Å². The Labute approximate surface area is 169 Å². The van der Waals surface area contributed by atoms with E-state index in [4.69, 9.17) is 0 Å². The summed E-state index contributed by atoms with van der Waals surface area (Å²) in [6.07, 6.45) is 7.45. The van der Waals surface area contributed by atoms with Gasteiger partial charge in [0.1, 0.15) is 5.82 Å². The molecule has 0 saturated carbocycles. The van der Waals surface area contributed by atoms with Crippen molar-refractivity contribution in [1.29, 1.82) is 0 Å². The van der Waals surface area contributed by atoms with Gasteiger partial charge in [-0.15, -0.1) is 12.4 Å². The third kappa shape index (κ3) is 5.01. The van der Waals surface area contributed by atoms with Crippen molar-refractivity contribution < 1.29 is 0 Å². The Balaban J connectivity index is 0.00000210. The average Bonchev–Trinajstić information content (AvgIpc) is 3.24. The molecule has 2 aromatic rings. The van der Waals surface area contributed by atoms with Crippen LogP contribution >= 0.6 is 12.4 Å². The van der Waals surface area contributed by atoms with Gasteiger partial charge in [0, 0.05) is 31.5 Å². The van der Waals surface area contributed by atoms with E-state index < -0.39 is 0 Å². The molecule has 2 fully saturated rings. The quantitative estimate of drug-likeness (QED) is 0.832. The van der Waals surface area contributed by atoms with Crippen molar-refractivity contribution in [3.05, 3.63) is 54.2 Å². The molecule has 1 aromatic heterocycles. The zero-order chi connectivity index (χ0) is 17.8. The maximum absolute atomic E-state index is 4.69. The first-order valence-electron chi connectivity index (χ1n) is 9.99. The maximum Gasteiger partial charge on any atom is 0.132 e.